The average molecular weight is 519 g/mol. The third-order valence-corrected chi connectivity index (χ3v) is 7.03. The molecular formula is C29H30N2O5S. The van der Waals surface area contributed by atoms with E-state index in [2.05, 4.69) is 11.6 Å². The summed E-state index contributed by atoms with van der Waals surface area (Å²) in [6.07, 6.45) is 3.90. The quantitative estimate of drug-likeness (QED) is 0.360. The normalized spacial score (nSPS) is 15.2. The van der Waals surface area contributed by atoms with Gasteiger partial charge < -0.3 is 14.6 Å². The van der Waals surface area contributed by atoms with Gasteiger partial charge in [-0.05, 0) is 63.5 Å². The number of nitrogens with zero attached hydrogens (tertiary/aromatic N) is 2. The van der Waals surface area contributed by atoms with Crippen LogP contribution in [-0.2, 0) is 16.0 Å². The highest BCUT2D eigenvalue weighted by molar-refractivity contribution is 7.07. The average Bonchev–Trinajstić information content (AvgIpc) is 3.16. The number of benzene rings is 2. The zero-order valence-electron chi connectivity index (χ0n) is 21.4. The first-order chi connectivity index (χ1) is 17.8. The van der Waals surface area contributed by atoms with E-state index in [0.717, 1.165) is 11.1 Å². The highest BCUT2D eigenvalue weighted by Crippen LogP contribution is 2.33. The third kappa shape index (κ3) is 5.15. The highest BCUT2D eigenvalue weighted by Gasteiger charge is 2.33. The number of carbonyl (C=O) groups excluding carboxylic acids is 1. The second kappa shape index (κ2) is 11.0. The molecule has 8 heteroatoms. The number of aryl methyl sites for hydroxylation is 1. The monoisotopic (exact) mass is 518 g/mol. The van der Waals surface area contributed by atoms with Crippen LogP contribution in [0.4, 0.5) is 0 Å². The summed E-state index contributed by atoms with van der Waals surface area (Å²) >= 11 is 1.25. The maximum Gasteiger partial charge on any atom is 0.338 e. The smallest absolute Gasteiger partial charge is 0.338 e. The van der Waals surface area contributed by atoms with E-state index in [1.165, 1.54) is 11.3 Å². The minimum absolute atomic E-state index is 0.0643. The van der Waals surface area contributed by atoms with Crippen molar-refractivity contribution in [2.24, 2.45) is 4.99 Å². The molecule has 0 unspecified atom stereocenters. The molecule has 0 radical (unpaired) electrons. The second-order valence-electron chi connectivity index (χ2n) is 8.67. The van der Waals surface area contributed by atoms with Crippen LogP contribution in [0.3, 0.4) is 0 Å². The summed E-state index contributed by atoms with van der Waals surface area (Å²) in [4.78, 5) is 31.9. The number of carbonyl (C=O) groups is 1. The van der Waals surface area contributed by atoms with Gasteiger partial charge in [0.25, 0.3) is 5.56 Å². The van der Waals surface area contributed by atoms with E-state index in [9.17, 15) is 14.7 Å². The predicted octanol–water partition coefficient (Wildman–Crippen LogP) is 3.94. The lowest BCUT2D eigenvalue weighted by molar-refractivity contribution is -0.139. The molecule has 192 valence electrons. The molecule has 3 aromatic rings. The van der Waals surface area contributed by atoms with Crippen molar-refractivity contribution >= 4 is 23.4 Å². The van der Waals surface area contributed by atoms with E-state index in [1.54, 1.807) is 36.6 Å². The maximum atomic E-state index is 13.8. The van der Waals surface area contributed by atoms with E-state index in [4.69, 9.17) is 9.47 Å². The number of esters is 1. The van der Waals surface area contributed by atoms with Gasteiger partial charge in [0.05, 0.1) is 35.1 Å². The van der Waals surface area contributed by atoms with Crippen LogP contribution in [0.1, 0.15) is 49.1 Å². The molecule has 0 saturated carbocycles. The molecule has 0 fully saturated rings. The first kappa shape index (κ1) is 26.2. The number of ether oxygens (including phenoxy) is 2. The summed E-state index contributed by atoms with van der Waals surface area (Å²) < 4.78 is 13.0. The van der Waals surface area contributed by atoms with Crippen molar-refractivity contribution in [3.8, 4) is 11.5 Å². The predicted molar refractivity (Wildman–Crippen MR) is 145 cm³/mol. The van der Waals surface area contributed by atoms with E-state index in [1.807, 2.05) is 44.2 Å². The molecule has 1 atom stereocenters. The van der Waals surface area contributed by atoms with Gasteiger partial charge in [-0.15, -0.1) is 6.58 Å². The lowest BCUT2D eigenvalue weighted by Gasteiger charge is -2.24. The largest absolute Gasteiger partial charge is 0.504 e. The Morgan fingerprint density at radius 2 is 1.92 bits per heavy atom. The van der Waals surface area contributed by atoms with E-state index >= 15 is 0 Å². The summed E-state index contributed by atoms with van der Waals surface area (Å²) in [5.41, 5.74) is 3.83. The lowest BCUT2D eigenvalue weighted by atomic mass is 9.95. The Labute approximate surface area is 219 Å². The van der Waals surface area contributed by atoms with Gasteiger partial charge in [-0.2, -0.15) is 0 Å². The minimum atomic E-state index is -0.659. The standard InChI is InChI=1S/C29H30N2O5S/c1-6-9-21-14-19(15-22(26(21)32)35-7-2)16-23-27(33)31-25(20-12-10-17(4)11-13-20)24(28(34)36-8-3)18(5)30-29(31)37-23/h6,10-16,25,32H,1,7-9H2,2-5H3/b23-16+/t25-/m1/s1. The molecule has 0 bridgehead atoms. The SMILES string of the molecule is C=CCc1cc(/C=c2/sc3n(c2=O)[C@H](c2ccc(C)cc2)C(C(=O)OCC)=C(C)N=3)cc(OCC)c1O. The van der Waals surface area contributed by atoms with E-state index in [0.29, 0.717) is 50.5 Å². The molecule has 4 rings (SSSR count). The topological polar surface area (TPSA) is 90.1 Å². The molecule has 1 N–H and O–H groups in total. The van der Waals surface area contributed by atoms with Crippen LogP contribution in [0.25, 0.3) is 6.08 Å². The fourth-order valence-electron chi connectivity index (χ4n) is 4.36. The zero-order chi connectivity index (χ0) is 26.7. The van der Waals surface area contributed by atoms with Crippen LogP contribution >= 0.6 is 11.3 Å². The number of rotatable bonds is 8. The van der Waals surface area contributed by atoms with Crippen molar-refractivity contribution < 1.29 is 19.4 Å². The Hall–Kier alpha value is -3.91. The van der Waals surface area contributed by atoms with Crippen molar-refractivity contribution in [3.05, 3.63) is 102 Å². The summed E-state index contributed by atoms with van der Waals surface area (Å²) in [5.74, 6) is -0.0779. The zero-order valence-corrected chi connectivity index (χ0v) is 22.2. The van der Waals surface area contributed by atoms with Gasteiger partial charge in [0.15, 0.2) is 16.3 Å². The van der Waals surface area contributed by atoms with Gasteiger partial charge in [-0.3, -0.25) is 9.36 Å². The number of allylic oxidation sites excluding steroid dienone is 2. The maximum absolute atomic E-state index is 13.8. The van der Waals surface area contributed by atoms with Gasteiger partial charge in [-0.1, -0.05) is 47.2 Å². The minimum Gasteiger partial charge on any atom is -0.504 e. The molecular weight excluding hydrogens is 488 g/mol. The van der Waals surface area contributed by atoms with Crippen LogP contribution in [0.2, 0.25) is 0 Å². The van der Waals surface area contributed by atoms with Crippen LogP contribution in [-0.4, -0.2) is 28.9 Å². The van der Waals surface area contributed by atoms with Crippen LogP contribution in [0.15, 0.2) is 70.1 Å². The number of phenolic OH excluding ortho intramolecular Hbond substituents is 1. The van der Waals surface area contributed by atoms with Crippen LogP contribution in [0.5, 0.6) is 11.5 Å². The van der Waals surface area contributed by atoms with Crippen molar-refractivity contribution in [3.63, 3.8) is 0 Å². The second-order valence-corrected chi connectivity index (χ2v) is 9.67. The molecule has 2 heterocycles. The van der Waals surface area contributed by atoms with E-state index < -0.39 is 12.0 Å². The molecule has 0 aliphatic carbocycles. The third-order valence-electron chi connectivity index (χ3n) is 6.05. The molecule has 0 amide bonds. The van der Waals surface area contributed by atoms with Gasteiger partial charge in [0, 0.05) is 5.56 Å². The van der Waals surface area contributed by atoms with Gasteiger partial charge in [-0.25, -0.2) is 9.79 Å². The Bertz CT molecular complexity index is 1560. The molecule has 1 aliphatic heterocycles. The Balaban J connectivity index is 1.94. The Kier molecular flexibility index (Phi) is 7.78. The van der Waals surface area contributed by atoms with Crippen molar-refractivity contribution in [2.75, 3.05) is 13.2 Å². The number of thiazole rings is 1. The lowest BCUT2D eigenvalue weighted by Crippen LogP contribution is -2.39. The fraction of sp³-hybridized carbons (Fsp3) is 0.276. The summed E-state index contributed by atoms with van der Waals surface area (Å²) in [6, 6.07) is 10.6. The fourth-order valence-corrected chi connectivity index (χ4v) is 5.40. The number of hydrogen-bond acceptors (Lipinski definition) is 7. The number of phenols is 1. The molecule has 7 nitrogen and oxygen atoms in total. The molecule has 0 saturated heterocycles. The summed E-state index contributed by atoms with van der Waals surface area (Å²) in [6.45, 7) is 11.7. The highest BCUT2D eigenvalue weighted by atomic mass is 32.1. The number of aromatic hydroxyl groups is 1. The Morgan fingerprint density at radius 3 is 2.57 bits per heavy atom. The molecule has 1 aliphatic rings. The molecule has 37 heavy (non-hydrogen) atoms. The van der Waals surface area contributed by atoms with E-state index in [-0.39, 0.29) is 17.9 Å². The van der Waals surface area contributed by atoms with Gasteiger partial charge in [0.2, 0.25) is 0 Å². The number of fused-ring (bicyclic) bond motifs is 1. The molecule has 0 spiro atoms. The molecule has 1 aromatic heterocycles. The van der Waals surface area contributed by atoms with Gasteiger partial charge in [0.1, 0.15) is 0 Å². The number of aromatic nitrogens is 1. The van der Waals surface area contributed by atoms with Crippen LogP contribution in [0, 0.1) is 6.92 Å². The van der Waals surface area contributed by atoms with Crippen molar-refractivity contribution in [2.45, 2.75) is 40.2 Å². The van der Waals surface area contributed by atoms with Crippen molar-refractivity contribution in [1.82, 2.24) is 4.57 Å². The summed E-state index contributed by atoms with van der Waals surface area (Å²) in [5, 5.41) is 10.5. The van der Waals surface area contributed by atoms with Crippen molar-refractivity contribution in [1.29, 1.82) is 0 Å². The Morgan fingerprint density at radius 1 is 1.19 bits per heavy atom. The van der Waals surface area contributed by atoms with Gasteiger partial charge >= 0.3 is 5.97 Å². The van der Waals surface area contributed by atoms with Crippen LogP contribution < -0.4 is 19.6 Å². The summed E-state index contributed by atoms with van der Waals surface area (Å²) in [7, 11) is 0. The first-order valence-corrected chi connectivity index (χ1v) is 13.0. The number of hydrogen-bond donors (Lipinski definition) is 1. The first-order valence-electron chi connectivity index (χ1n) is 12.1. The molecule has 2 aromatic carbocycles.